The monoisotopic (exact) mass is 99.1 g/mol. The van der Waals surface area contributed by atoms with Gasteiger partial charge in [-0.2, -0.15) is 0 Å². The van der Waals surface area contributed by atoms with Crippen molar-refractivity contribution in [1.29, 1.82) is 0 Å². The van der Waals surface area contributed by atoms with E-state index in [1.54, 1.807) is 6.92 Å². The van der Waals surface area contributed by atoms with Gasteiger partial charge in [-0.3, -0.25) is 0 Å². The van der Waals surface area contributed by atoms with Crippen molar-refractivity contribution in [3.63, 3.8) is 0 Å². The Morgan fingerprint density at radius 2 is 2.43 bits per heavy atom. The molecule has 7 heavy (non-hydrogen) atoms. The third kappa shape index (κ3) is 5.32. The summed E-state index contributed by atoms with van der Waals surface area (Å²) in [7, 11) is 0. The van der Waals surface area contributed by atoms with Gasteiger partial charge in [-0.05, 0) is 0 Å². The Balaban J connectivity index is 2.78. The maximum Gasteiger partial charge on any atom is 0.112 e. The molecule has 2 heteroatoms. The summed E-state index contributed by atoms with van der Waals surface area (Å²) in [4.78, 5) is 0. The zero-order chi connectivity index (χ0) is 5.54. The van der Waals surface area contributed by atoms with Gasteiger partial charge in [0, 0.05) is 13.5 Å². The minimum atomic E-state index is 0.529. The van der Waals surface area contributed by atoms with E-state index in [2.05, 4.69) is 16.8 Å². The molecule has 0 spiro atoms. The molecule has 0 unspecified atom stereocenters. The molecule has 0 aromatic heterocycles. The van der Waals surface area contributed by atoms with Gasteiger partial charge >= 0.3 is 0 Å². The lowest BCUT2D eigenvalue weighted by atomic mass is 10.7. The molecule has 0 saturated carbocycles. The van der Waals surface area contributed by atoms with Gasteiger partial charge in [0.1, 0.15) is 12.7 Å². The normalized spacial score (nSPS) is 6.57. The van der Waals surface area contributed by atoms with Crippen molar-refractivity contribution in [3.8, 4) is 12.0 Å². The molecule has 40 valence electrons. The lowest BCUT2D eigenvalue weighted by molar-refractivity contribution is 0.288. The van der Waals surface area contributed by atoms with E-state index >= 15 is 0 Å². The van der Waals surface area contributed by atoms with Crippen LogP contribution in [0.2, 0.25) is 0 Å². The third-order valence-corrected chi connectivity index (χ3v) is 0.394. The van der Waals surface area contributed by atoms with Crippen LogP contribution in [0.25, 0.3) is 0 Å². The zero-order valence-electron chi connectivity index (χ0n) is 4.40. The van der Waals surface area contributed by atoms with Crippen LogP contribution < -0.4 is 5.73 Å². The second-order valence-corrected chi connectivity index (χ2v) is 0.989. The molecule has 0 aliphatic carbocycles. The van der Waals surface area contributed by atoms with E-state index in [0.717, 1.165) is 0 Å². The minimum absolute atomic E-state index is 0.529. The van der Waals surface area contributed by atoms with Crippen LogP contribution >= 0.6 is 0 Å². The average molecular weight is 99.1 g/mol. The molecule has 0 aromatic carbocycles. The van der Waals surface area contributed by atoms with Crippen LogP contribution in [0, 0.1) is 12.0 Å². The Morgan fingerprint density at radius 1 is 1.71 bits per heavy atom. The summed E-state index contributed by atoms with van der Waals surface area (Å²) in [6, 6.07) is 0. The van der Waals surface area contributed by atoms with Gasteiger partial charge in [0.05, 0.1) is 0 Å². The highest BCUT2D eigenvalue weighted by atomic mass is 16.5. The predicted octanol–water partition coefficient (Wildman–Crippen LogP) is -0.0575. The fourth-order valence-corrected chi connectivity index (χ4v) is 0.182. The molecule has 0 bridgehead atoms. The summed E-state index contributed by atoms with van der Waals surface area (Å²) in [5.41, 5.74) is 5.08. The van der Waals surface area contributed by atoms with E-state index in [1.807, 2.05) is 0 Å². The van der Waals surface area contributed by atoms with E-state index in [4.69, 9.17) is 5.73 Å². The highest BCUT2D eigenvalue weighted by Crippen LogP contribution is 1.62. The SMILES string of the molecule is CC#COCCN. The zero-order valence-corrected chi connectivity index (χ0v) is 4.40. The van der Waals surface area contributed by atoms with Crippen LogP contribution in [0.3, 0.4) is 0 Å². The molecule has 2 nitrogen and oxygen atoms in total. The van der Waals surface area contributed by atoms with Crippen molar-refractivity contribution < 1.29 is 4.74 Å². The van der Waals surface area contributed by atoms with E-state index in [-0.39, 0.29) is 0 Å². The summed E-state index contributed by atoms with van der Waals surface area (Å²) in [6.07, 6.45) is 2.42. The van der Waals surface area contributed by atoms with Gasteiger partial charge in [0.2, 0.25) is 0 Å². The Morgan fingerprint density at radius 3 is 2.86 bits per heavy atom. The molecule has 0 heterocycles. The number of hydrogen-bond donors (Lipinski definition) is 1. The van der Waals surface area contributed by atoms with Gasteiger partial charge in [-0.1, -0.05) is 5.92 Å². The summed E-state index contributed by atoms with van der Waals surface area (Å²) >= 11 is 0. The molecule has 0 aromatic rings. The standard InChI is InChI=1S/C5H9NO/c1-2-4-7-5-3-6/h3,5-6H2,1H3. The Hall–Kier alpha value is -0.680. The second-order valence-electron chi connectivity index (χ2n) is 0.989. The van der Waals surface area contributed by atoms with Crippen LogP contribution in [0.5, 0.6) is 0 Å². The fraction of sp³-hybridized carbons (Fsp3) is 0.600. The van der Waals surface area contributed by atoms with Gasteiger partial charge in [0.25, 0.3) is 0 Å². The first kappa shape index (κ1) is 6.32. The highest BCUT2D eigenvalue weighted by Gasteiger charge is 1.70. The van der Waals surface area contributed by atoms with Crippen LogP contribution in [0.4, 0.5) is 0 Å². The fourth-order valence-electron chi connectivity index (χ4n) is 0.182. The first-order valence-electron chi connectivity index (χ1n) is 2.15. The van der Waals surface area contributed by atoms with Gasteiger partial charge in [0.15, 0.2) is 0 Å². The maximum absolute atomic E-state index is 5.08. The molecular weight excluding hydrogens is 90.1 g/mol. The number of hydrogen-bond acceptors (Lipinski definition) is 2. The average Bonchev–Trinajstić information content (AvgIpc) is 1.69. The van der Waals surface area contributed by atoms with Gasteiger partial charge < -0.3 is 10.5 Å². The first-order valence-corrected chi connectivity index (χ1v) is 2.15. The topological polar surface area (TPSA) is 35.2 Å². The van der Waals surface area contributed by atoms with Crippen LogP contribution in [0.15, 0.2) is 0 Å². The Bertz CT molecular complexity index is 79.8. The summed E-state index contributed by atoms with van der Waals surface area (Å²) in [5, 5.41) is 0. The second kappa shape index (κ2) is 5.32. The highest BCUT2D eigenvalue weighted by molar-refractivity contribution is 4.84. The molecule has 0 aliphatic rings. The quantitative estimate of drug-likeness (QED) is 0.389. The number of nitrogens with two attached hydrogens (primary N) is 1. The van der Waals surface area contributed by atoms with Crippen molar-refractivity contribution >= 4 is 0 Å². The molecule has 0 atom stereocenters. The van der Waals surface area contributed by atoms with E-state index in [9.17, 15) is 0 Å². The van der Waals surface area contributed by atoms with E-state index in [0.29, 0.717) is 13.2 Å². The van der Waals surface area contributed by atoms with Crippen molar-refractivity contribution in [2.75, 3.05) is 13.2 Å². The predicted molar refractivity (Wildman–Crippen MR) is 28.5 cm³/mol. The third-order valence-electron chi connectivity index (χ3n) is 0.394. The van der Waals surface area contributed by atoms with Crippen LogP contribution in [-0.2, 0) is 4.74 Å². The van der Waals surface area contributed by atoms with Crippen molar-refractivity contribution in [1.82, 2.24) is 0 Å². The number of rotatable bonds is 2. The lowest BCUT2D eigenvalue weighted by Gasteiger charge is -1.87. The van der Waals surface area contributed by atoms with Gasteiger partial charge in [-0.25, -0.2) is 0 Å². The molecular formula is C5H9NO. The summed E-state index contributed by atoms with van der Waals surface area (Å²) < 4.78 is 4.65. The molecule has 0 amide bonds. The van der Waals surface area contributed by atoms with Crippen LogP contribution in [0.1, 0.15) is 6.92 Å². The number of ether oxygens (including phenoxy) is 1. The Kier molecular flexibility index (Phi) is 4.80. The molecule has 0 saturated heterocycles. The molecule has 0 aliphatic heterocycles. The van der Waals surface area contributed by atoms with E-state index in [1.165, 1.54) is 0 Å². The molecule has 2 N–H and O–H groups in total. The Labute approximate surface area is 43.7 Å². The first-order chi connectivity index (χ1) is 3.41. The molecule has 0 rings (SSSR count). The van der Waals surface area contributed by atoms with Crippen molar-refractivity contribution in [2.24, 2.45) is 5.73 Å². The smallest absolute Gasteiger partial charge is 0.112 e. The largest absolute Gasteiger partial charge is 0.445 e. The molecule has 0 fully saturated rings. The van der Waals surface area contributed by atoms with Crippen molar-refractivity contribution in [2.45, 2.75) is 6.92 Å². The summed E-state index contributed by atoms with van der Waals surface area (Å²) in [5.74, 6) is 2.57. The van der Waals surface area contributed by atoms with Gasteiger partial charge in [-0.15, -0.1) is 0 Å². The van der Waals surface area contributed by atoms with E-state index < -0.39 is 0 Å². The minimum Gasteiger partial charge on any atom is -0.445 e. The van der Waals surface area contributed by atoms with Crippen LogP contribution in [-0.4, -0.2) is 13.2 Å². The molecule has 0 radical (unpaired) electrons. The lowest BCUT2D eigenvalue weighted by Crippen LogP contribution is -2.05. The summed E-state index contributed by atoms with van der Waals surface area (Å²) in [6.45, 7) is 2.78. The maximum atomic E-state index is 5.08. The van der Waals surface area contributed by atoms with Crippen molar-refractivity contribution in [3.05, 3.63) is 0 Å².